The Bertz CT molecular complexity index is 674. The fourth-order valence-corrected chi connectivity index (χ4v) is 2.21. The highest BCUT2D eigenvalue weighted by molar-refractivity contribution is 5.94. The summed E-state index contributed by atoms with van der Waals surface area (Å²) in [6, 6.07) is 9.42. The van der Waals surface area contributed by atoms with Gasteiger partial charge in [0, 0.05) is 37.6 Å². The van der Waals surface area contributed by atoms with E-state index in [0.29, 0.717) is 12.1 Å². The van der Waals surface area contributed by atoms with Crippen molar-refractivity contribution in [2.45, 2.75) is 6.54 Å². The van der Waals surface area contributed by atoms with Gasteiger partial charge in [-0.2, -0.15) is 0 Å². The number of rotatable bonds is 8. The zero-order valence-electron chi connectivity index (χ0n) is 14.4. The van der Waals surface area contributed by atoms with Gasteiger partial charge in [0.05, 0.1) is 18.4 Å². The molecule has 1 heterocycles. The van der Waals surface area contributed by atoms with Crippen LogP contribution >= 0.6 is 0 Å². The van der Waals surface area contributed by atoms with Crippen molar-refractivity contribution in [3.63, 3.8) is 0 Å². The molecule has 128 valence electrons. The minimum atomic E-state index is -0.162. The lowest BCUT2D eigenvalue weighted by Crippen LogP contribution is -2.24. The summed E-state index contributed by atoms with van der Waals surface area (Å²) >= 11 is 0. The van der Waals surface area contributed by atoms with Crippen LogP contribution in [0.1, 0.15) is 15.9 Å². The van der Waals surface area contributed by atoms with Crippen molar-refractivity contribution in [2.75, 3.05) is 39.6 Å². The highest BCUT2D eigenvalue weighted by Gasteiger charge is 2.08. The Hall–Kier alpha value is -2.60. The molecule has 0 aliphatic heterocycles. The van der Waals surface area contributed by atoms with Crippen molar-refractivity contribution in [1.29, 1.82) is 0 Å². The van der Waals surface area contributed by atoms with Gasteiger partial charge in [0.15, 0.2) is 0 Å². The average molecular weight is 328 g/mol. The van der Waals surface area contributed by atoms with Gasteiger partial charge in [-0.05, 0) is 26.2 Å². The molecule has 0 aliphatic rings. The maximum Gasteiger partial charge on any atom is 0.253 e. The topological polar surface area (TPSA) is 66.5 Å². The molecule has 24 heavy (non-hydrogen) atoms. The normalized spacial score (nSPS) is 10.5. The Labute approximate surface area is 142 Å². The van der Waals surface area contributed by atoms with Crippen LogP contribution in [-0.4, -0.2) is 50.1 Å². The van der Waals surface area contributed by atoms with E-state index in [0.717, 1.165) is 30.1 Å². The van der Waals surface area contributed by atoms with Gasteiger partial charge in [0.25, 0.3) is 5.91 Å². The molecule has 0 atom stereocenters. The SMILES string of the molecule is COc1ccccc1CNC(=O)c1cncc(NCCN(C)C)c1. The molecule has 6 nitrogen and oxygen atoms in total. The number of carbonyl (C=O) groups excluding carboxylic acids is 1. The van der Waals surface area contributed by atoms with E-state index in [9.17, 15) is 4.79 Å². The van der Waals surface area contributed by atoms with Crippen LogP contribution in [0, 0.1) is 0 Å². The molecule has 2 rings (SSSR count). The smallest absolute Gasteiger partial charge is 0.253 e. The Morgan fingerprint density at radius 1 is 1.25 bits per heavy atom. The molecular weight excluding hydrogens is 304 g/mol. The third-order valence-electron chi connectivity index (χ3n) is 3.52. The Kier molecular flexibility index (Phi) is 6.57. The quantitative estimate of drug-likeness (QED) is 0.776. The van der Waals surface area contributed by atoms with Gasteiger partial charge in [0.2, 0.25) is 0 Å². The molecule has 6 heteroatoms. The first-order valence-electron chi connectivity index (χ1n) is 7.84. The molecule has 0 saturated heterocycles. The number of nitrogens with one attached hydrogen (secondary N) is 2. The molecule has 0 fully saturated rings. The van der Waals surface area contributed by atoms with Crippen LogP contribution in [0.4, 0.5) is 5.69 Å². The van der Waals surface area contributed by atoms with Crippen molar-refractivity contribution in [3.05, 3.63) is 53.9 Å². The van der Waals surface area contributed by atoms with Crippen molar-refractivity contribution in [3.8, 4) is 5.75 Å². The number of hydrogen-bond donors (Lipinski definition) is 2. The number of anilines is 1. The lowest BCUT2D eigenvalue weighted by atomic mass is 10.2. The van der Waals surface area contributed by atoms with E-state index in [2.05, 4.69) is 20.5 Å². The van der Waals surface area contributed by atoms with Gasteiger partial charge in [-0.1, -0.05) is 18.2 Å². The molecule has 0 aliphatic carbocycles. The summed E-state index contributed by atoms with van der Waals surface area (Å²) < 4.78 is 5.29. The summed E-state index contributed by atoms with van der Waals surface area (Å²) in [5.41, 5.74) is 2.29. The van der Waals surface area contributed by atoms with Gasteiger partial charge in [-0.25, -0.2) is 0 Å². The molecule has 1 aromatic heterocycles. The number of pyridine rings is 1. The van der Waals surface area contributed by atoms with Gasteiger partial charge in [-0.3, -0.25) is 9.78 Å². The van der Waals surface area contributed by atoms with E-state index in [-0.39, 0.29) is 5.91 Å². The minimum Gasteiger partial charge on any atom is -0.496 e. The van der Waals surface area contributed by atoms with Crippen LogP contribution in [0.5, 0.6) is 5.75 Å². The summed E-state index contributed by atoms with van der Waals surface area (Å²) in [6.45, 7) is 2.10. The maximum atomic E-state index is 12.3. The lowest BCUT2D eigenvalue weighted by Gasteiger charge is -2.12. The molecule has 0 bridgehead atoms. The number of ether oxygens (including phenoxy) is 1. The molecule has 0 radical (unpaired) electrons. The van der Waals surface area contributed by atoms with Gasteiger partial charge < -0.3 is 20.3 Å². The van der Waals surface area contributed by atoms with E-state index in [1.165, 1.54) is 0 Å². The number of para-hydroxylation sites is 1. The third kappa shape index (κ3) is 5.24. The summed E-state index contributed by atoms with van der Waals surface area (Å²) in [7, 11) is 5.65. The number of methoxy groups -OCH3 is 1. The zero-order valence-corrected chi connectivity index (χ0v) is 14.4. The molecule has 0 unspecified atom stereocenters. The highest BCUT2D eigenvalue weighted by atomic mass is 16.5. The third-order valence-corrected chi connectivity index (χ3v) is 3.52. The second-order valence-electron chi connectivity index (χ2n) is 5.69. The number of carbonyl (C=O) groups is 1. The molecule has 2 aromatic rings. The number of nitrogens with zero attached hydrogens (tertiary/aromatic N) is 2. The minimum absolute atomic E-state index is 0.162. The standard InChI is InChI=1S/C18H24N4O2/c1-22(2)9-8-20-16-10-15(11-19-13-16)18(23)21-12-14-6-4-5-7-17(14)24-3/h4-7,10-11,13,20H,8-9,12H2,1-3H3,(H,21,23). The number of benzene rings is 1. The Morgan fingerprint density at radius 2 is 2.04 bits per heavy atom. The van der Waals surface area contributed by atoms with Gasteiger partial charge in [-0.15, -0.1) is 0 Å². The molecule has 0 saturated carbocycles. The largest absolute Gasteiger partial charge is 0.496 e. The van der Waals surface area contributed by atoms with Gasteiger partial charge >= 0.3 is 0 Å². The van der Waals surface area contributed by atoms with E-state index in [4.69, 9.17) is 4.74 Å². The van der Waals surface area contributed by atoms with Crippen LogP contribution in [-0.2, 0) is 6.54 Å². The van der Waals surface area contributed by atoms with E-state index in [1.54, 1.807) is 25.6 Å². The van der Waals surface area contributed by atoms with Crippen molar-refractivity contribution in [1.82, 2.24) is 15.2 Å². The number of aromatic nitrogens is 1. The summed E-state index contributed by atoms with van der Waals surface area (Å²) in [6.07, 6.45) is 3.28. The first-order chi connectivity index (χ1) is 11.6. The Balaban J connectivity index is 1.94. The predicted octanol–water partition coefficient (Wildman–Crippen LogP) is 1.99. The zero-order chi connectivity index (χ0) is 17.4. The summed E-state index contributed by atoms with van der Waals surface area (Å²) in [4.78, 5) is 18.5. The number of likely N-dealkylation sites (N-methyl/N-ethyl adjacent to an activating group) is 1. The van der Waals surface area contributed by atoms with Crippen LogP contribution in [0.3, 0.4) is 0 Å². The fourth-order valence-electron chi connectivity index (χ4n) is 2.21. The molecule has 1 amide bonds. The second kappa shape index (κ2) is 8.88. The van der Waals surface area contributed by atoms with E-state index < -0.39 is 0 Å². The lowest BCUT2D eigenvalue weighted by molar-refractivity contribution is 0.0950. The molecule has 0 spiro atoms. The number of hydrogen-bond acceptors (Lipinski definition) is 5. The van der Waals surface area contributed by atoms with E-state index in [1.807, 2.05) is 38.4 Å². The van der Waals surface area contributed by atoms with Crippen LogP contribution < -0.4 is 15.4 Å². The monoisotopic (exact) mass is 328 g/mol. The van der Waals surface area contributed by atoms with Crippen molar-refractivity contribution >= 4 is 11.6 Å². The number of amides is 1. The first kappa shape index (κ1) is 17.7. The van der Waals surface area contributed by atoms with Crippen molar-refractivity contribution < 1.29 is 9.53 Å². The molecule has 1 aromatic carbocycles. The maximum absolute atomic E-state index is 12.3. The molecule has 2 N–H and O–H groups in total. The molecular formula is C18H24N4O2. The van der Waals surface area contributed by atoms with Crippen LogP contribution in [0.15, 0.2) is 42.7 Å². The summed E-state index contributed by atoms with van der Waals surface area (Å²) in [5.74, 6) is 0.597. The Morgan fingerprint density at radius 3 is 2.79 bits per heavy atom. The average Bonchev–Trinajstić information content (AvgIpc) is 2.60. The van der Waals surface area contributed by atoms with Gasteiger partial charge in [0.1, 0.15) is 5.75 Å². The van der Waals surface area contributed by atoms with Crippen LogP contribution in [0.2, 0.25) is 0 Å². The highest BCUT2D eigenvalue weighted by Crippen LogP contribution is 2.17. The second-order valence-corrected chi connectivity index (χ2v) is 5.69. The fraction of sp³-hybridized carbons (Fsp3) is 0.333. The van der Waals surface area contributed by atoms with Crippen molar-refractivity contribution in [2.24, 2.45) is 0 Å². The summed E-state index contributed by atoms with van der Waals surface area (Å²) in [5, 5.41) is 6.16. The predicted molar refractivity (Wildman–Crippen MR) is 95.4 cm³/mol. The van der Waals surface area contributed by atoms with Crippen LogP contribution in [0.25, 0.3) is 0 Å². The van der Waals surface area contributed by atoms with E-state index >= 15 is 0 Å². The first-order valence-corrected chi connectivity index (χ1v) is 7.84.